The second-order valence-corrected chi connectivity index (χ2v) is 6.74. The van der Waals surface area contributed by atoms with E-state index >= 15 is 0 Å². The molecule has 4 unspecified atom stereocenters. The average Bonchev–Trinajstić information content (AvgIpc) is 2.48. The molecule has 1 nitrogen and oxygen atoms in total. The van der Waals surface area contributed by atoms with Crippen molar-refractivity contribution >= 4 is 0 Å². The van der Waals surface area contributed by atoms with Gasteiger partial charge in [-0.1, -0.05) is 39.8 Å². The highest BCUT2D eigenvalue weighted by atomic mass is 16.2. The monoisotopic (exact) mass is 252 g/mol. The van der Waals surface area contributed by atoms with Gasteiger partial charge in [-0.25, -0.2) is 0 Å². The van der Waals surface area contributed by atoms with Gasteiger partial charge in [-0.2, -0.15) is 0 Å². The third-order valence-corrected chi connectivity index (χ3v) is 5.08. The number of aliphatic hydroxyl groups excluding tert-OH is 1. The zero-order chi connectivity index (χ0) is 13.7. The first-order valence-corrected chi connectivity index (χ1v) is 7.76. The minimum Gasteiger partial charge on any atom is -0.396 e. The van der Waals surface area contributed by atoms with Gasteiger partial charge in [-0.05, 0) is 61.7 Å². The van der Waals surface area contributed by atoms with Crippen molar-refractivity contribution in [2.24, 2.45) is 29.6 Å². The summed E-state index contributed by atoms with van der Waals surface area (Å²) in [6, 6.07) is 0. The Balaban J connectivity index is 2.72. The molecule has 0 heterocycles. The van der Waals surface area contributed by atoms with Gasteiger partial charge in [0.1, 0.15) is 0 Å². The van der Waals surface area contributed by atoms with E-state index in [4.69, 9.17) is 5.11 Å². The molecule has 18 heavy (non-hydrogen) atoms. The maximum atomic E-state index is 9.00. The Bertz CT molecular complexity index is 256. The lowest BCUT2D eigenvalue weighted by molar-refractivity contribution is 0.235. The fraction of sp³-hybridized carbons (Fsp3) is 0.882. The van der Waals surface area contributed by atoms with E-state index in [1.54, 1.807) is 0 Å². The molecular formula is C17H32O. The van der Waals surface area contributed by atoms with Gasteiger partial charge in [0, 0.05) is 6.61 Å². The van der Waals surface area contributed by atoms with Gasteiger partial charge >= 0.3 is 0 Å². The fourth-order valence-electron chi connectivity index (χ4n) is 3.43. The third-order valence-electron chi connectivity index (χ3n) is 5.08. The minimum atomic E-state index is 0.326. The molecule has 1 N–H and O–H groups in total. The molecule has 4 atom stereocenters. The number of hydrogen-bond donors (Lipinski definition) is 1. The summed E-state index contributed by atoms with van der Waals surface area (Å²) in [7, 11) is 0. The van der Waals surface area contributed by atoms with Crippen LogP contribution in [0.25, 0.3) is 0 Å². The lowest BCUT2D eigenvalue weighted by atomic mass is 9.76. The van der Waals surface area contributed by atoms with Gasteiger partial charge in [0.25, 0.3) is 0 Å². The Morgan fingerprint density at radius 3 is 2.50 bits per heavy atom. The van der Waals surface area contributed by atoms with Crippen LogP contribution in [-0.2, 0) is 0 Å². The Kier molecular flexibility index (Phi) is 6.42. The van der Waals surface area contributed by atoms with Crippen LogP contribution in [0.3, 0.4) is 0 Å². The predicted molar refractivity (Wildman–Crippen MR) is 79.5 cm³/mol. The summed E-state index contributed by atoms with van der Waals surface area (Å²) in [5.41, 5.74) is 1.48. The minimum absolute atomic E-state index is 0.326. The van der Waals surface area contributed by atoms with Gasteiger partial charge in [0.2, 0.25) is 0 Å². The number of allylic oxidation sites excluding steroid dienone is 1. The molecule has 0 aliphatic heterocycles. The lowest BCUT2D eigenvalue weighted by Gasteiger charge is -2.29. The molecule has 0 aromatic heterocycles. The first kappa shape index (κ1) is 15.8. The van der Waals surface area contributed by atoms with Gasteiger partial charge in [0.05, 0.1) is 0 Å². The summed E-state index contributed by atoms with van der Waals surface area (Å²) < 4.78 is 0. The van der Waals surface area contributed by atoms with Crippen LogP contribution in [-0.4, -0.2) is 11.7 Å². The van der Waals surface area contributed by atoms with Crippen molar-refractivity contribution in [2.75, 3.05) is 6.61 Å². The van der Waals surface area contributed by atoms with Crippen molar-refractivity contribution in [3.63, 3.8) is 0 Å². The van der Waals surface area contributed by atoms with Crippen LogP contribution in [0.2, 0.25) is 0 Å². The summed E-state index contributed by atoms with van der Waals surface area (Å²) in [5.74, 6) is 3.66. The quantitative estimate of drug-likeness (QED) is 0.557. The van der Waals surface area contributed by atoms with Gasteiger partial charge < -0.3 is 5.11 Å². The highest BCUT2D eigenvalue weighted by Gasteiger charge is 2.31. The first-order valence-electron chi connectivity index (χ1n) is 7.76. The summed E-state index contributed by atoms with van der Waals surface area (Å²) >= 11 is 0. The van der Waals surface area contributed by atoms with Gasteiger partial charge in [0.15, 0.2) is 0 Å². The van der Waals surface area contributed by atoms with Crippen molar-refractivity contribution in [1.29, 1.82) is 0 Å². The van der Waals surface area contributed by atoms with E-state index in [9.17, 15) is 0 Å². The van der Waals surface area contributed by atoms with Gasteiger partial charge in [-0.15, -0.1) is 0 Å². The molecular weight excluding hydrogens is 220 g/mol. The molecule has 0 aromatic rings. The Morgan fingerprint density at radius 2 is 1.94 bits per heavy atom. The number of aliphatic hydroxyl groups is 1. The molecule has 1 aliphatic carbocycles. The van der Waals surface area contributed by atoms with Crippen LogP contribution in [0.4, 0.5) is 0 Å². The summed E-state index contributed by atoms with van der Waals surface area (Å²) in [5, 5.41) is 9.00. The largest absolute Gasteiger partial charge is 0.396 e. The zero-order valence-corrected chi connectivity index (χ0v) is 12.8. The normalized spacial score (nSPS) is 31.4. The van der Waals surface area contributed by atoms with Crippen molar-refractivity contribution in [3.8, 4) is 0 Å². The molecule has 1 rings (SSSR count). The first-order chi connectivity index (χ1) is 8.47. The summed E-state index contributed by atoms with van der Waals surface area (Å²) in [6.45, 7) is 14.1. The van der Waals surface area contributed by atoms with E-state index in [0.717, 1.165) is 24.7 Å². The smallest absolute Gasteiger partial charge is 0.0431 e. The molecule has 0 saturated heterocycles. The average molecular weight is 252 g/mol. The standard InChI is InChI=1S/C17H32O/c1-12(2)16-9-8-13(3)15(5)17(11-16)14(4)7-6-10-18/h12-14,16-18H,5-11H2,1-4H3. The summed E-state index contributed by atoms with van der Waals surface area (Å²) in [4.78, 5) is 0. The maximum Gasteiger partial charge on any atom is 0.0431 e. The van der Waals surface area contributed by atoms with E-state index in [1.165, 1.54) is 24.8 Å². The van der Waals surface area contributed by atoms with Crippen LogP contribution in [0.1, 0.15) is 59.8 Å². The maximum absolute atomic E-state index is 9.00. The number of rotatable bonds is 5. The zero-order valence-electron chi connectivity index (χ0n) is 12.8. The molecule has 1 aliphatic rings. The van der Waals surface area contributed by atoms with E-state index in [2.05, 4.69) is 34.3 Å². The molecule has 0 spiro atoms. The summed E-state index contributed by atoms with van der Waals surface area (Å²) in [6.07, 6.45) is 6.06. The Morgan fingerprint density at radius 1 is 1.28 bits per heavy atom. The van der Waals surface area contributed by atoms with Crippen molar-refractivity contribution in [2.45, 2.75) is 59.8 Å². The van der Waals surface area contributed by atoms with Gasteiger partial charge in [-0.3, -0.25) is 0 Å². The molecule has 0 radical (unpaired) electrons. The lowest BCUT2D eigenvalue weighted by Crippen LogP contribution is -2.20. The van der Waals surface area contributed by atoms with Crippen LogP contribution >= 0.6 is 0 Å². The predicted octanol–water partition coefficient (Wildman–Crippen LogP) is 4.66. The second-order valence-electron chi connectivity index (χ2n) is 6.74. The molecule has 1 saturated carbocycles. The second kappa shape index (κ2) is 7.33. The van der Waals surface area contributed by atoms with E-state index in [1.807, 2.05) is 0 Å². The van der Waals surface area contributed by atoms with E-state index < -0.39 is 0 Å². The SMILES string of the molecule is C=C1C(C)CCC(C(C)C)CC1C(C)CCCO. The van der Waals surface area contributed by atoms with Crippen LogP contribution < -0.4 is 0 Å². The van der Waals surface area contributed by atoms with Crippen LogP contribution in [0.5, 0.6) is 0 Å². The van der Waals surface area contributed by atoms with Crippen LogP contribution in [0, 0.1) is 29.6 Å². The molecule has 0 aromatic carbocycles. The molecule has 106 valence electrons. The Labute approximate surface area is 114 Å². The van der Waals surface area contributed by atoms with E-state index in [0.29, 0.717) is 24.4 Å². The third kappa shape index (κ3) is 4.12. The molecule has 0 bridgehead atoms. The van der Waals surface area contributed by atoms with Crippen LogP contribution in [0.15, 0.2) is 12.2 Å². The van der Waals surface area contributed by atoms with Crippen molar-refractivity contribution in [3.05, 3.63) is 12.2 Å². The Hall–Kier alpha value is -0.300. The molecule has 1 fully saturated rings. The molecule has 0 amide bonds. The van der Waals surface area contributed by atoms with Crippen molar-refractivity contribution < 1.29 is 5.11 Å². The van der Waals surface area contributed by atoms with Crippen molar-refractivity contribution in [1.82, 2.24) is 0 Å². The van der Waals surface area contributed by atoms with E-state index in [-0.39, 0.29) is 0 Å². The topological polar surface area (TPSA) is 20.2 Å². The number of hydrogen-bond acceptors (Lipinski definition) is 1. The highest BCUT2D eigenvalue weighted by Crippen LogP contribution is 2.41. The fourth-order valence-corrected chi connectivity index (χ4v) is 3.43. The molecule has 1 heteroatoms. The highest BCUT2D eigenvalue weighted by molar-refractivity contribution is 5.08.